The number of rotatable bonds is 8. The second kappa shape index (κ2) is 7.69. The Kier molecular flexibility index (Phi) is 6.57. The van der Waals surface area contributed by atoms with Gasteiger partial charge in [-0.05, 0) is 12.8 Å². The summed E-state index contributed by atoms with van der Waals surface area (Å²) in [7, 11) is 0. The molecule has 0 aromatic rings. The first-order valence-electron chi connectivity index (χ1n) is 7.11. The van der Waals surface area contributed by atoms with Gasteiger partial charge in [0.15, 0.2) is 0 Å². The molecule has 0 unspecified atom stereocenters. The molecule has 1 aliphatic carbocycles. The molecule has 0 spiro atoms. The molecule has 1 saturated carbocycles. The average molecular weight is 257 g/mol. The Morgan fingerprint density at radius 2 is 1.83 bits per heavy atom. The van der Waals surface area contributed by atoms with Crippen molar-refractivity contribution in [2.45, 2.75) is 64.0 Å². The van der Waals surface area contributed by atoms with Crippen molar-refractivity contribution in [3.8, 4) is 0 Å². The number of nitrogens with zero attached hydrogens (tertiary/aromatic N) is 1. The Morgan fingerprint density at radius 3 is 2.44 bits per heavy atom. The highest BCUT2D eigenvalue weighted by Crippen LogP contribution is 2.16. The first-order valence-corrected chi connectivity index (χ1v) is 7.11. The molecule has 2 N–H and O–H groups in total. The average Bonchev–Trinajstić information content (AvgIpc) is 2.34. The predicted molar refractivity (Wildman–Crippen MR) is 73.4 cm³/mol. The lowest BCUT2D eigenvalue weighted by Crippen LogP contribution is -2.39. The van der Waals surface area contributed by atoms with E-state index >= 15 is 0 Å². The van der Waals surface area contributed by atoms with Crippen LogP contribution in [0.2, 0.25) is 0 Å². The molecule has 1 rings (SSSR count). The van der Waals surface area contributed by atoms with E-state index in [9.17, 15) is 10.1 Å². The van der Waals surface area contributed by atoms with Gasteiger partial charge in [0.1, 0.15) is 0 Å². The van der Waals surface area contributed by atoms with Crippen molar-refractivity contribution in [3.63, 3.8) is 0 Å². The molecule has 5 heteroatoms. The summed E-state index contributed by atoms with van der Waals surface area (Å²) in [4.78, 5) is 10.5. The van der Waals surface area contributed by atoms with Crippen LogP contribution in [0, 0.1) is 10.1 Å². The van der Waals surface area contributed by atoms with Crippen molar-refractivity contribution in [2.24, 2.45) is 0 Å². The maximum absolute atomic E-state index is 10.7. The van der Waals surface area contributed by atoms with Gasteiger partial charge in [-0.1, -0.05) is 19.3 Å². The molecular weight excluding hydrogens is 230 g/mol. The lowest BCUT2D eigenvalue weighted by Gasteiger charge is -2.23. The molecule has 18 heavy (non-hydrogen) atoms. The van der Waals surface area contributed by atoms with Crippen LogP contribution in [0.5, 0.6) is 0 Å². The SMILES string of the molecule is CC(C)(CCNCCNC1CCCCC1)[N+](=O)[O-]. The van der Waals surface area contributed by atoms with E-state index in [1.807, 2.05) is 0 Å². The van der Waals surface area contributed by atoms with Gasteiger partial charge in [-0.25, -0.2) is 0 Å². The van der Waals surface area contributed by atoms with Crippen molar-refractivity contribution in [1.82, 2.24) is 10.6 Å². The quantitative estimate of drug-likeness (QED) is 0.396. The normalized spacial score (nSPS) is 17.9. The first kappa shape index (κ1) is 15.4. The van der Waals surface area contributed by atoms with Gasteiger partial charge in [0.2, 0.25) is 5.54 Å². The molecule has 0 bridgehead atoms. The van der Waals surface area contributed by atoms with Crippen molar-refractivity contribution < 1.29 is 4.92 Å². The maximum Gasteiger partial charge on any atom is 0.218 e. The third kappa shape index (κ3) is 5.78. The monoisotopic (exact) mass is 257 g/mol. The van der Waals surface area contributed by atoms with E-state index in [2.05, 4.69) is 10.6 Å². The van der Waals surface area contributed by atoms with E-state index in [1.54, 1.807) is 13.8 Å². The van der Waals surface area contributed by atoms with Crippen LogP contribution in [0.3, 0.4) is 0 Å². The van der Waals surface area contributed by atoms with Crippen LogP contribution in [0.1, 0.15) is 52.4 Å². The topological polar surface area (TPSA) is 67.2 Å². The molecule has 5 nitrogen and oxygen atoms in total. The molecule has 0 aromatic carbocycles. The van der Waals surface area contributed by atoms with Crippen LogP contribution in [-0.2, 0) is 0 Å². The van der Waals surface area contributed by atoms with Gasteiger partial charge in [0, 0.05) is 50.9 Å². The smallest absolute Gasteiger partial charge is 0.218 e. The molecule has 0 heterocycles. The number of hydrogen-bond acceptors (Lipinski definition) is 4. The van der Waals surface area contributed by atoms with Crippen LogP contribution < -0.4 is 10.6 Å². The van der Waals surface area contributed by atoms with E-state index < -0.39 is 5.54 Å². The molecule has 0 aliphatic heterocycles. The molecule has 106 valence electrons. The highest BCUT2D eigenvalue weighted by atomic mass is 16.6. The van der Waals surface area contributed by atoms with Crippen LogP contribution in [-0.4, -0.2) is 36.1 Å². The van der Waals surface area contributed by atoms with Gasteiger partial charge in [0.05, 0.1) is 0 Å². The Labute approximate surface area is 110 Å². The summed E-state index contributed by atoms with van der Waals surface area (Å²) in [5.41, 5.74) is -0.816. The zero-order chi connectivity index (χ0) is 13.4. The molecule has 0 aromatic heterocycles. The summed E-state index contributed by atoms with van der Waals surface area (Å²) in [5.74, 6) is 0. The predicted octanol–water partition coefficient (Wildman–Crippen LogP) is 1.94. The summed E-state index contributed by atoms with van der Waals surface area (Å²) in [6, 6.07) is 0.691. The summed E-state index contributed by atoms with van der Waals surface area (Å²) in [6.07, 6.45) is 7.25. The lowest BCUT2D eigenvalue weighted by molar-refractivity contribution is -0.561. The zero-order valence-electron chi connectivity index (χ0n) is 11.7. The number of nitro groups is 1. The summed E-state index contributed by atoms with van der Waals surface area (Å²) < 4.78 is 0. The van der Waals surface area contributed by atoms with Gasteiger partial charge in [-0.15, -0.1) is 0 Å². The summed E-state index contributed by atoms with van der Waals surface area (Å²) in [5, 5.41) is 17.5. The number of nitrogens with one attached hydrogen (secondary N) is 2. The third-order valence-electron chi connectivity index (χ3n) is 3.75. The number of hydrogen-bond donors (Lipinski definition) is 2. The highest BCUT2D eigenvalue weighted by molar-refractivity contribution is 4.72. The fourth-order valence-electron chi connectivity index (χ4n) is 2.28. The molecule has 1 fully saturated rings. The van der Waals surface area contributed by atoms with Gasteiger partial charge < -0.3 is 10.6 Å². The van der Waals surface area contributed by atoms with E-state index in [0.717, 1.165) is 13.1 Å². The standard InChI is InChI=1S/C13H27N3O2/c1-13(2,16(17)18)8-9-14-10-11-15-12-6-4-3-5-7-12/h12,14-15H,3-11H2,1-2H3. The van der Waals surface area contributed by atoms with E-state index in [0.29, 0.717) is 19.0 Å². The lowest BCUT2D eigenvalue weighted by atomic mass is 9.95. The zero-order valence-corrected chi connectivity index (χ0v) is 11.7. The molecule has 0 saturated heterocycles. The van der Waals surface area contributed by atoms with Crippen molar-refractivity contribution in [1.29, 1.82) is 0 Å². The molecule has 0 atom stereocenters. The minimum atomic E-state index is -0.816. The summed E-state index contributed by atoms with van der Waals surface area (Å²) >= 11 is 0. The Hall–Kier alpha value is -0.680. The van der Waals surface area contributed by atoms with E-state index in [-0.39, 0.29) is 4.92 Å². The van der Waals surface area contributed by atoms with Crippen molar-refractivity contribution in [3.05, 3.63) is 10.1 Å². The van der Waals surface area contributed by atoms with Crippen LogP contribution in [0.15, 0.2) is 0 Å². The first-order chi connectivity index (χ1) is 8.52. The van der Waals surface area contributed by atoms with E-state index in [1.165, 1.54) is 32.1 Å². The van der Waals surface area contributed by atoms with Crippen LogP contribution in [0.4, 0.5) is 0 Å². The highest BCUT2D eigenvalue weighted by Gasteiger charge is 2.29. The second-order valence-electron chi connectivity index (χ2n) is 5.86. The fourth-order valence-corrected chi connectivity index (χ4v) is 2.28. The molecule has 0 amide bonds. The van der Waals surface area contributed by atoms with E-state index in [4.69, 9.17) is 0 Å². The van der Waals surface area contributed by atoms with Gasteiger partial charge in [0.25, 0.3) is 0 Å². The van der Waals surface area contributed by atoms with Crippen molar-refractivity contribution in [2.75, 3.05) is 19.6 Å². The maximum atomic E-state index is 10.7. The Balaban J connectivity index is 1.97. The fraction of sp³-hybridized carbons (Fsp3) is 1.00. The van der Waals surface area contributed by atoms with Crippen LogP contribution >= 0.6 is 0 Å². The minimum Gasteiger partial charge on any atom is -0.315 e. The molecule has 1 aliphatic rings. The molecular formula is C13H27N3O2. The molecule has 0 radical (unpaired) electrons. The Morgan fingerprint density at radius 1 is 1.17 bits per heavy atom. The Bertz CT molecular complexity index is 251. The van der Waals surface area contributed by atoms with Gasteiger partial charge in [-0.2, -0.15) is 0 Å². The summed E-state index contributed by atoms with van der Waals surface area (Å²) in [6.45, 7) is 5.91. The third-order valence-corrected chi connectivity index (χ3v) is 3.75. The van der Waals surface area contributed by atoms with Gasteiger partial charge in [-0.3, -0.25) is 10.1 Å². The van der Waals surface area contributed by atoms with Gasteiger partial charge >= 0.3 is 0 Å². The largest absolute Gasteiger partial charge is 0.315 e. The minimum absolute atomic E-state index is 0.199. The van der Waals surface area contributed by atoms with Crippen LogP contribution in [0.25, 0.3) is 0 Å². The van der Waals surface area contributed by atoms with Crippen molar-refractivity contribution >= 4 is 0 Å². The second-order valence-corrected chi connectivity index (χ2v) is 5.86.